The number of nitriles is 2. The molecule has 0 aliphatic heterocycles. The zero-order valence-electron chi connectivity index (χ0n) is 29.5. The van der Waals surface area contributed by atoms with Crippen LogP contribution in [-0.4, -0.2) is 13.7 Å². The van der Waals surface area contributed by atoms with Crippen LogP contribution in [0.4, 0.5) is 0 Å². The third kappa shape index (κ3) is 4.51. The zero-order chi connectivity index (χ0) is 36.6. The molecular weight excluding hydrogens is 671 g/mol. The number of hydrogen-bond acceptors (Lipinski definition) is 2. The number of hydrogen-bond donors (Lipinski definition) is 0. The van der Waals surface area contributed by atoms with E-state index in [0.29, 0.717) is 11.1 Å². The van der Waals surface area contributed by atoms with E-state index in [1.54, 1.807) is 0 Å². The Labute approximate surface area is 316 Å². The summed E-state index contributed by atoms with van der Waals surface area (Å²) in [5.41, 5.74) is 12.6. The molecule has 55 heavy (non-hydrogen) atoms. The number of rotatable bonds is 4. The van der Waals surface area contributed by atoms with Gasteiger partial charge in [-0.1, -0.05) is 91.0 Å². The number of para-hydroxylation sites is 4. The molecule has 3 heterocycles. The highest BCUT2D eigenvalue weighted by Crippen LogP contribution is 2.39. The summed E-state index contributed by atoms with van der Waals surface area (Å²) in [6.45, 7) is 0. The van der Waals surface area contributed by atoms with E-state index < -0.39 is 0 Å². The lowest BCUT2D eigenvalue weighted by Crippen LogP contribution is -1.99. The van der Waals surface area contributed by atoms with Crippen LogP contribution >= 0.6 is 0 Å². The van der Waals surface area contributed by atoms with Crippen LogP contribution in [0.3, 0.4) is 0 Å². The average molecular weight is 700 g/mol. The molecule has 0 fully saturated rings. The molecule has 254 valence electrons. The highest BCUT2D eigenvalue weighted by molar-refractivity contribution is 6.13. The highest BCUT2D eigenvalue weighted by Gasteiger charge is 2.19. The Bertz CT molecular complexity index is 3350. The first-order valence-corrected chi connectivity index (χ1v) is 18.3. The predicted octanol–water partition coefficient (Wildman–Crippen LogP) is 12.4. The Kier molecular flexibility index (Phi) is 6.61. The highest BCUT2D eigenvalue weighted by atomic mass is 15.0. The first-order valence-electron chi connectivity index (χ1n) is 18.3. The van der Waals surface area contributed by atoms with Gasteiger partial charge in [-0.2, -0.15) is 10.5 Å². The van der Waals surface area contributed by atoms with Crippen molar-refractivity contribution in [2.45, 2.75) is 0 Å². The fourth-order valence-corrected chi connectivity index (χ4v) is 8.67. The van der Waals surface area contributed by atoms with E-state index in [0.717, 1.165) is 61.0 Å². The molecule has 0 N–H and O–H groups in total. The van der Waals surface area contributed by atoms with Gasteiger partial charge < -0.3 is 13.7 Å². The summed E-state index contributed by atoms with van der Waals surface area (Å²) >= 11 is 0. The van der Waals surface area contributed by atoms with Gasteiger partial charge in [0.2, 0.25) is 0 Å². The van der Waals surface area contributed by atoms with Gasteiger partial charge in [0.15, 0.2) is 0 Å². The summed E-state index contributed by atoms with van der Waals surface area (Å²) in [4.78, 5) is 0. The zero-order valence-corrected chi connectivity index (χ0v) is 29.5. The van der Waals surface area contributed by atoms with Crippen LogP contribution < -0.4 is 0 Å². The van der Waals surface area contributed by atoms with Gasteiger partial charge in [0.25, 0.3) is 0 Å². The van der Waals surface area contributed by atoms with Gasteiger partial charge in [0.05, 0.1) is 56.0 Å². The summed E-state index contributed by atoms with van der Waals surface area (Å²) in [7, 11) is 0. The summed E-state index contributed by atoms with van der Waals surface area (Å²) < 4.78 is 6.81. The molecule has 3 aromatic heterocycles. The van der Waals surface area contributed by atoms with Gasteiger partial charge >= 0.3 is 0 Å². The fourth-order valence-electron chi connectivity index (χ4n) is 8.67. The molecule has 0 saturated heterocycles. The molecule has 0 aliphatic carbocycles. The molecule has 0 spiro atoms. The summed E-state index contributed by atoms with van der Waals surface area (Å²) in [6.07, 6.45) is 0. The van der Waals surface area contributed by atoms with Crippen LogP contribution in [0, 0.1) is 22.7 Å². The first-order chi connectivity index (χ1) is 27.2. The standard InChI is InChI=1S/C50H29N5/c51-30-32-17-25-48-42(27-32)43-29-37(54-46-15-7-3-11-40(46)41-12-4-8-16-47(41)54)24-26-49(43)55(48)50-28-34(18-19-35(50)31-52)33-20-22-36(23-21-33)53-44-13-5-1-9-38(44)39-10-2-6-14-45(39)53/h1-29H. The summed E-state index contributed by atoms with van der Waals surface area (Å²) in [5.74, 6) is 0. The van der Waals surface area contributed by atoms with Crippen LogP contribution in [0.5, 0.6) is 0 Å². The molecular formula is C50H29N5. The van der Waals surface area contributed by atoms with Crippen molar-refractivity contribution in [3.05, 3.63) is 187 Å². The van der Waals surface area contributed by atoms with Crippen molar-refractivity contribution in [2.24, 2.45) is 0 Å². The SMILES string of the molecule is N#Cc1ccc2c(c1)c1cc(-n3c4ccccc4c4ccccc43)ccc1n2-c1cc(-c2ccc(-n3c4ccccc4c4ccccc43)cc2)ccc1C#N. The number of nitrogens with zero attached hydrogens (tertiary/aromatic N) is 5. The van der Waals surface area contributed by atoms with Gasteiger partial charge in [0.1, 0.15) is 6.07 Å². The molecule has 8 aromatic carbocycles. The van der Waals surface area contributed by atoms with Gasteiger partial charge in [0, 0.05) is 43.7 Å². The van der Waals surface area contributed by atoms with Crippen LogP contribution in [0.1, 0.15) is 11.1 Å². The molecule has 11 rings (SSSR count). The van der Waals surface area contributed by atoms with Crippen molar-refractivity contribution >= 4 is 65.4 Å². The largest absolute Gasteiger partial charge is 0.309 e. The van der Waals surface area contributed by atoms with Gasteiger partial charge in [-0.15, -0.1) is 0 Å². The molecule has 0 atom stereocenters. The topological polar surface area (TPSA) is 62.4 Å². The Morgan fingerprint density at radius 1 is 0.327 bits per heavy atom. The number of fused-ring (bicyclic) bond motifs is 9. The van der Waals surface area contributed by atoms with Crippen molar-refractivity contribution < 1.29 is 0 Å². The Morgan fingerprint density at radius 2 is 0.782 bits per heavy atom. The van der Waals surface area contributed by atoms with Crippen molar-refractivity contribution in [1.82, 2.24) is 13.7 Å². The second-order valence-electron chi connectivity index (χ2n) is 14.0. The lowest BCUT2D eigenvalue weighted by atomic mass is 10.0. The third-order valence-corrected chi connectivity index (χ3v) is 11.1. The van der Waals surface area contributed by atoms with Crippen molar-refractivity contribution in [2.75, 3.05) is 0 Å². The van der Waals surface area contributed by atoms with Gasteiger partial charge in [-0.3, -0.25) is 0 Å². The van der Waals surface area contributed by atoms with Crippen LogP contribution in [0.25, 0.3) is 93.6 Å². The third-order valence-electron chi connectivity index (χ3n) is 11.1. The minimum absolute atomic E-state index is 0.570. The molecule has 0 bridgehead atoms. The fraction of sp³-hybridized carbons (Fsp3) is 0. The maximum absolute atomic E-state index is 10.5. The van der Waals surface area contributed by atoms with Crippen molar-refractivity contribution in [3.63, 3.8) is 0 Å². The molecule has 0 radical (unpaired) electrons. The number of benzene rings is 8. The number of aromatic nitrogens is 3. The predicted molar refractivity (Wildman–Crippen MR) is 224 cm³/mol. The minimum atomic E-state index is 0.570. The lowest BCUT2D eigenvalue weighted by Gasteiger charge is -2.14. The summed E-state index contributed by atoms with van der Waals surface area (Å²) in [6, 6.07) is 66.0. The van der Waals surface area contributed by atoms with Gasteiger partial charge in [-0.25, -0.2) is 0 Å². The second-order valence-corrected chi connectivity index (χ2v) is 14.0. The van der Waals surface area contributed by atoms with Crippen LogP contribution in [-0.2, 0) is 0 Å². The maximum atomic E-state index is 10.5. The monoisotopic (exact) mass is 699 g/mol. The summed E-state index contributed by atoms with van der Waals surface area (Å²) in [5, 5.41) is 27.3. The van der Waals surface area contributed by atoms with Crippen LogP contribution in [0.2, 0.25) is 0 Å². The Hall–Kier alpha value is -7.86. The molecule has 0 aliphatic rings. The molecule has 0 saturated carbocycles. The van der Waals surface area contributed by atoms with E-state index in [-0.39, 0.29) is 0 Å². The lowest BCUT2D eigenvalue weighted by molar-refractivity contribution is 1.16. The minimum Gasteiger partial charge on any atom is -0.309 e. The molecule has 5 nitrogen and oxygen atoms in total. The van der Waals surface area contributed by atoms with E-state index in [1.165, 1.54) is 32.6 Å². The molecule has 5 heteroatoms. The van der Waals surface area contributed by atoms with Gasteiger partial charge in [-0.05, 0) is 96.1 Å². The smallest absolute Gasteiger partial charge is 0.101 e. The van der Waals surface area contributed by atoms with E-state index in [2.05, 4.69) is 171 Å². The Balaban J connectivity index is 1.09. The average Bonchev–Trinajstić information content (AvgIpc) is 3.89. The second kappa shape index (κ2) is 11.8. The van der Waals surface area contributed by atoms with Crippen LogP contribution in [0.15, 0.2) is 176 Å². The normalized spacial score (nSPS) is 11.6. The maximum Gasteiger partial charge on any atom is 0.101 e. The van der Waals surface area contributed by atoms with E-state index in [4.69, 9.17) is 0 Å². The van der Waals surface area contributed by atoms with E-state index in [9.17, 15) is 10.5 Å². The van der Waals surface area contributed by atoms with Crippen molar-refractivity contribution in [1.29, 1.82) is 10.5 Å². The molecule has 0 unspecified atom stereocenters. The molecule has 0 amide bonds. The quantitative estimate of drug-likeness (QED) is 0.184. The van der Waals surface area contributed by atoms with E-state index in [1.807, 2.05) is 30.3 Å². The van der Waals surface area contributed by atoms with E-state index >= 15 is 0 Å². The Morgan fingerprint density at radius 3 is 1.33 bits per heavy atom. The van der Waals surface area contributed by atoms with Crippen molar-refractivity contribution in [3.8, 4) is 40.3 Å². The molecule has 11 aromatic rings. The first kappa shape index (κ1) is 30.7.